The van der Waals surface area contributed by atoms with Crippen LogP contribution in [-0.2, 0) is 4.79 Å². The van der Waals surface area contributed by atoms with Gasteiger partial charge in [0.05, 0.1) is 12.1 Å². The Morgan fingerprint density at radius 2 is 1.92 bits per heavy atom. The lowest BCUT2D eigenvalue weighted by molar-refractivity contribution is -0.121. The molecule has 1 aliphatic heterocycles. The predicted molar refractivity (Wildman–Crippen MR) is 97.9 cm³/mol. The number of carbonyl (C=O) groups is 3. The molecule has 2 heterocycles. The number of amides is 4. The summed E-state index contributed by atoms with van der Waals surface area (Å²) < 4.78 is 0. The number of rotatable bonds is 3. The molecule has 0 atom stereocenters. The fourth-order valence-electron chi connectivity index (χ4n) is 3.18. The van der Waals surface area contributed by atoms with Gasteiger partial charge in [-0.1, -0.05) is 18.2 Å². The van der Waals surface area contributed by atoms with Crippen LogP contribution in [0.25, 0.3) is 10.9 Å². The van der Waals surface area contributed by atoms with Crippen LogP contribution in [0.3, 0.4) is 0 Å². The van der Waals surface area contributed by atoms with Crippen LogP contribution in [0.15, 0.2) is 30.5 Å². The van der Waals surface area contributed by atoms with Crippen molar-refractivity contribution >= 4 is 28.7 Å². The highest BCUT2D eigenvalue weighted by Gasteiger charge is 2.23. The zero-order valence-electron chi connectivity index (χ0n) is 14.7. The Kier molecular flexibility index (Phi) is 5.52. The van der Waals surface area contributed by atoms with Gasteiger partial charge in [0.15, 0.2) is 0 Å². The zero-order chi connectivity index (χ0) is 18.5. The Morgan fingerprint density at radius 1 is 1.12 bits per heavy atom. The fraction of sp³-hybridized carbons (Fsp3) is 0.389. The number of hydrogen-bond acceptors (Lipinski definition) is 4. The van der Waals surface area contributed by atoms with Crippen molar-refractivity contribution in [2.24, 2.45) is 0 Å². The van der Waals surface area contributed by atoms with Gasteiger partial charge in [-0.15, -0.1) is 0 Å². The summed E-state index contributed by atoms with van der Waals surface area (Å²) in [5.41, 5.74) is 1.62. The van der Waals surface area contributed by atoms with Gasteiger partial charge in [-0.2, -0.15) is 0 Å². The van der Waals surface area contributed by atoms with Crippen LogP contribution in [0.1, 0.15) is 16.8 Å². The minimum Gasteiger partial charge on any atom is -0.360 e. The topological polar surface area (TPSA) is 97.5 Å². The number of imide groups is 1. The van der Waals surface area contributed by atoms with E-state index in [0.29, 0.717) is 31.7 Å². The first-order valence-corrected chi connectivity index (χ1v) is 8.68. The van der Waals surface area contributed by atoms with Gasteiger partial charge >= 0.3 is 6.03 Å². The molecule has 1 aromatic heterocycles. The van der Waals surface area contributed by atoms with Gasteiger partial charge in [0.1, 0.15) is 0 Å². The van der Waals surface area contributed by atoms with E-state index in [9.17, 15) is 14.4 Å². The average molecular weight is 357 g/mol. The first kappa shape index (κ1) is 17.9. The monoisotopic (exact) mass is 357 g/mol. The number of benzene rings is 1. The molecule has 26 heavy (non-hydrogen) atoms. The third-order valence-electron chi connectivity index (χ3n) is 4.54. The van der Waals surface area contributed by atoms with Crippen LogP contribution in [0.5, 0.6) is 0 Å². The van der Waals surface area contributed by atoms with E-state index in [1.807, 2.05) is 34.1 Å². The third kappa shape index (κ3) is 4.02. The summed E-state index contributed by atoms with van der Waals surface area (Å²) in [4.78, 5) is 42.9. The van der Waals surface area contributed by atoms with Gasteiger partial charge in [-0.05, 0) is 12.5 Å². The quantitative estimate of drug-likeness (QED) is 0.756. The molecule has 8 heteroatoms. The van der Waals surface area contributed by atoms with Crippen LogP contribution in [0.2, 0.25) is 0 Å². The van der Waals surface area contributed by atoms with E-state index in [4.69, 9.17) is 0 Å². The second kappa shape index (κ2) is 8.01. The molecule has 0 spiro atoms. The van der Waals surface area contributed by atoms with E-state index in [1.165, 1.54) is 7.05 Å². The lowest BCUT2D eigenvalue weighted by atomic mass is 10.1. The summed E-state index contributed by atoms with van der Waals surface area (Å²) in [6.45, 7) is 2.63. The molecule has 1 saturated heterocycles. The summed E-state index contributed by atoms with van der Waals surface area (Å²) in [6.07, 6.45) is 2.54. The molecular formula is C18H23N5O3. The lowest BCUT2D eigenvalue weighted by Crippen LogP contribution is -2.44. The van der Waals surface area contributed by atoms with Crippen molar-refractivity contribution in [1.29, 1.82) is 0 Å². The maximum atomic E-state index is 12.9. The number of fused-ring (bicyclic) bond motifs is 1. The van der Waals surface area contributed by atoms with Crippen molar-refractivity contribution in [2.45, 2.75) is 6.42 Å². The van der Waals surface area contributed by atoms with E-state index in [2.05, 4.69) is 15.6 Å². The molecule has 0 radical (unpaired) electrons. The predicted octanol–water partition coefficient (Wildman–Crippen LogP) is 0.771. The Labute approximate surface area is 151 Å². The first-order chi connectivity index (χ1) is 12.6. The zero-order valence-corrected chi connectivity index (χ0v) is 14.7. The Balaban J connectivity index is 1.60. The van der Waals surface area contributed by atoms with Crippen molar-refractivity contribution in [3.8, 4) is 0 Å². The number of urea groups is 1. The van der Waals surface area contributed by atoms with E-state index in [-0.39, 0.29) is 18.4 Å². The SMILES string of the molecule is CNC(=O)NC(=O)CN1CCCN(C(=O)c2c[nH]c3ccccc23)CC1. The number of aromatic nitrogens is 1. The van der Waals surface area contributed by atoms with Gasteiger partial charge in [0, 0.05) is 50.3 Å². The van der Waals surface area contributed by atoms with Gasteiger partial charge in [0.25, 0.3) is 5.91 Å². The molecule has 0 bridgehead atoms. The number of aromatic amines is 1. The average Bonchev–Trinajstić information content (AvgIpc) is 2.93. The normalized spacial score (nSPS) is 15.5. The van der Waals surface area contributed by atoms with Crippen LogP contribution in [-0.4, -0.2) is 72.4 Å². The van der Waals surface area contributed by atoms with E-state index in [1.54, 1.807) is 6.20 Å². The van der Waals surface area contributed by atoms with Crippen LogP contribution in [0, 0.1) is 0 Å². The summed E-state index contributed by atoms with van der Waals surface area (Å²) in [7, 11) is 1.46. The molecule has 2 aromatic rings. The molecule has 3 rings (SSSR count). The molecule has 1 aromatic carbocycles. The minimum atomic E-state index is -0.513. The van der Waals surface area contributed by atoms with Gasteiger partial charge in [-0.25, -0.2) is 4.79 Å². The van der Waals surface area contributed by atoms with E-state index < -0.39 is 6.03 Å². The summed E-state index contributed by atoms with van der Waals surface area (Å²) in [6, 6.07) is 7.22. The van der Waals surface area contributed by atoms with E-state index >= 15 is 0 Å². The molecule has 138 valence electrons. The molecule has 0 saturated carbocycles. The van der Waals surface area contributed by atoms with Crippen molar-refractivity contribution in [1.82, 2.24) is 25.4 Å². The number of H-pyrrole nitrogens is 1. The number of nitrogens with one attached hydrogen (secondary N) is 3. The third-order valence-corrected chi connectivity index (χ3v) is 4.54. The number of hydrogen-bond donors (Lipinski definition) is 3. The molecule has 4 amide bonds. The fourth-order valence-corrected chi connectivity index (χ4v) is 3.18. The lowest BCUT2D eigenvalue weighted by Gasteiger charge is -2.21. The molecule has 0 aliphatic carbocycles. The second-order valence-electron chi connectivity index (χ2n) is 6.30. The number of carbonyl (C=O) groups excluding carboxylic acids is 3. The number of nitrogens with zero attached hydrogens (tertiary/aromatic N) is 2. The Morgan fingerprint density at radius 3 is 2.73 bits per heavy atom. The standard InChI is InChI=1S/C18H23N5O3/c1-19-18(26)21-16(24)12-22-7-4-8-23(10-9-22)17(25)14-11-20-15-6-3-2-5-13(14)15/h2-3,5-6,11,20H,4,7-10,12H2,1H3,(H2,19,21,24,26). The van der Waals surface area contributed by atoms with Gasteiger partial charge in [0.2, 0.25) is 5.91 Å². The highest BCUT2D eigenvalue weighted by Crippen LogP contribution is 2.20. The summed E-state index contributed by atoms with van der Waals surface area (Å²) in [5, 5.41) is 5.53. The molecule has 1 fully saturated rings. The summed E-state index contributed by atoms with van der Waals surface area (Å²) in [5.74, 6) is -0.347. The second-order valence-corrected chi connectivity index (χ2v) is 6.30. The van der Waals surface area contributed by atoms with Crippen molar-refractivity contribution in [3.63, 3.8) is 0 Å². The van der Waals surface area contributed by atoms with Crippen molar-refractivity contribution < 1.29 is 14.4 Å². The van der Waals surface area contributed by atoms with Gasteiger partial charge < -0.3 is 15.2 Å². The highest BCUT2D eigenvalue weighted by molar-refractivity contribution is 6.06. The maximum Gasteiger partial charge on any atom is 0.321 e. The molecule has 0 unspecified atom stereocenters. The molecule has 3 N–H and O–H groups in total. The number of para-hydroxylation sites is 1. The van der Waals surface area contributed by atoms with Crippen molar-refractivity contribution in [3.05, 3.63) is 36.0 Å². The minimum absolute atomic E-state index is 0.000822. The molecule has 8 nitrogen and oxygen atoms in total. The Bertz CT molecular complexity index is 816. The highest BCUT2D eigenvalue weighted by atomic mass is 16.2. The van der Waals surface area contributed by atoms with Gasteiger partial charge in [-0.3, -0.25) is 19.8 Å². The van der Waals surface area contributed by atoms with Crippen LogP contribution in [0.4, 0.5) is 4.79 Å². The Hall–Kier alpha value is -2.87. The maximum absolute atomic E-state index is 12.9. The smallest absolute Gasteiger partial charge is 0.321 e. The molecule has 1 aliphatic rings. The molecular weight excluding hydrogens is 334 g/mol. The first-order valence-electron chi connectivity index (χ1n) is 8.68. The van der Waals surface area contributed by atoms with Crippen molar-refractivity contribution in [2.75, 3.05) is 39.8 Å². The van der Waals surface area contributed by atoms with E-state index in [0.717, 1.165) is 17.3 Å². The largest absolute Gasteiger partial charge is 0.360 e. The van der Waals surface area contributed by atoms with Crippen LogP contribution >= 0.6 is 0 Å². The van der Waals surface area contributed by atoms with Crippen LogP contribution < -0.4 is 10.6 Å². The summed E-state index contributed by atoms with van der Waals surface area (Å²) >= 11 is 0.